The lowest BCUT2D eigenvalue weighted by Gasteiger charge is -2.16. The highest BCUT2D eigenvalue weighted by Crippen LogP contribution is 2.20. The summed E-state index contributed by atoms with van der Waals surface area (Å²) in [7, 11) is 0. The molecule has 7 heteroatoms. The first-order chi connectivity index (χ1) is 8.32. The summed E-state index contributed by atoms with van der Waals surface area (Å²) in [6, 6.07) is 0. The van der Waals surface area contributed by atoms with Crippen LogP contribution < -0.4 is 5.73 Å². The SMILES string of the molecule is CC(=O)O.N=C(N)CC1CCCN(C(=O)O)CC1. The largest absolute Gasteiger partial charge is 0.481 e. The van der Waals surface area contributed by atoms with Crippen LogP contribution in [0.3, 0.4) is 0 Å². The van der Waals surface area contributed by atoms with Crippen molar-refractivity contribution >= 4 is 17.9 Å². The van der Waals surface area contributed by atoms with Gasteiger partial charge in [-0.05, 0) is 25.2 Å². The Labute approximate surface area is 106 Å². The summed E-state index contributed by atoms with van der Waals surface area (Å²) in [5.74, 6) is -0.240. The van der Waals surface area contributed by atoms with E-state index in [0.29, 0.717) is 25.4 Å². The van der Waals surface area contributed by atoms with Crippen LogP contribution in [0.4, 0.5) is 4.79 Å². The fraction of sp³-hybridized carbons (Fsp3) is 0.727. The first kappa shape index (κ1) is 16.2. The molecule has 1 atom stereocenters. The highest BCUT2D eigenvalue weighted by Gasteiger charge is 2.20. The van der Waals surface area contributed by atoms with E-state index in [9.17, 15) is 4.79 Å². The summed E-state index contributed by atoms with van der Waals surface area (Å²) in [4.78, 5) is 21.1. The molecule has 0 aromatic carbocycles. The number of amidine groups is 1. The Bertz CT molecular complexity index is 303. The fourth-order valence-electron chi connectivity index (χ4n) is 1.87. The van der Waals surface area contributed by atoms with Crippen molar-refractivity contribution in [1.82, 2.24) is 4.90 Å². The van der Waals surface area contributed by atoms with Crippen LogP contribution in [-0.2, 0) is 4.79 Å². The molecule has 0 aromatic heterocycles. The van der Waals surface area contributed by atoms with Gasteiger partial charge in [-0.25, -0.2) is 4.79 Å². The topological polar surface area (TPSA) is 128 Å². The van der Waals surface area contributed by atoms with Gasteiger partial charge in [-0.1, -0.05) is 0 Å². The maximum atomic E-state index is 10.7. The molecular weight excluding hydrogens is 238 g/mol. The van der Waals surface area contributed by atoms with Crippen molar-refractivity contribution < 1.29 is 19.8 Å². The molecule has 1 aliphatic rings. The molecule has 104 valence electrons. The predicted octanol–water partition coefficient (Wildman–Crippen LogP) is 1.18. The Balaban J connectivity index is 0.000000631. The van der Waals surface area contributed by atoms with Crippen LogP contribution in [-0.4, -0.2) is 46.1 Å². The predicted molar refractivity (Wildman–Crippen MR) is 66.8 cm³/mol. The Morgan fingerprint density at radius 3 is 2.33 bits per heavy atom. The summed E-state index contributed by atoms with van der Waals surface area (Å²) in [5.41, 5.74) is 5.32. The van der Waals surface area contributed by atoms with Crippen molar-refractivity contribution in [3.63, 3.8) is 0 Å². The van der Waals surface area contributed by atoms with Gasteiger partial charge in [0.2, 0.25) is 0 Å². The molecule has 1 aliphatic heterocycles. The lowest BCUT2D eigenvalue weighted by Crippen LogP contribution is -2.30. The highest BCUT2D eigenvalue weighted by atomic mass is 16.4. The minimum atomic E-state index is -0.839. The van der Waals surface area contributed by atoms with Crippen molar-refractivity contribution in [1.29, 1.82) is 5.41 Å². The molecule has 1 unspecified atom stereocenters. The molecule has 0 saturated carbocycles. The van der Waals surface area contributed by atoms with Gasteiger partial charge in [-0.3, -0.25) is 10.2 Å². The van der Waals surface area contributed by atoms with Gasteiger partial charge in [0.1, 0.15) is 0 Å². The fourth-order valence-corrected chi connectivity index (χ4v) is 1.87. The zero-order chi connectivity index (χ0) is 14.1. The van der Waals surface area contributed by atoms with Crippen molar-refractivity contribution in [2.45, 2.75) is 32.6 Å². The molecule has 1 fully saturated rings. The van der Waals surface area contributed by atoms with E-state index in [1.165, 1.54) is 4.90 Å². The van der Waals surface area contributed by atoms with Crippen LogP contribution in [0.15, 0.2) is 0 Å². The standard InChI is InChI=1S/C9H17N3O2.C2H4O2/c10-8(11)6-7-2-1-4-12(5-3-7)9(13)14;1-2(3)4/h7H,1-6H2,(H3,10,11)(H,13,14);1H3,(H,3,4). The number of nitrogens with zero attached hydrogens (tertiary/aromatic N) is 1. The van der Waals surface area contributed by atoms with Crippen LogP contribution in [0, 0.1) is 11.3 Å². The average molecular weight is 259 g/mol. The summed E-state index contributed by atoms with van der Waals surface area (Å²) < 4.78 is 0. The first-order valence-electron chi connectivity index (χ1n) is 5.83. The molecule has 1 heterocycles. The number of aliphatic carboxylic acids is 1. The van der Waals surface area contributed by atoms with Crippen LogP contribution in [0.1, 0.15) is 32.6 Å². The lowest BCUT2D eigenvalue weighted by molar-refractivity contribution is -0.134. The smallest absolute Gasteiger partial charge is 0.407 e. The summed E-state index contributed by atoms with van der Waals surface area (Å²) >= 11 is 0. The van der Waals surface area contributed by atoms with Crippen molar-refractivity contribution in [3.05, 3.63) is 0 Å². The number of hydrogen-bond donors (Lipinski definition) is 4. The number of amides is 1. The summed E-state index contributed by atoms with van der Waals surface area (Å²) in [6.07, 6.45) is 2.45. The van der Waals surface area contributed by atoms with E-state index in [1.807, 2.05) is 0 Å². The Hall–Kier alpha value is -1.79. The molecule has 5 N–H and O–H groups in total. The van der Waals surface area contributed by atoms with Crippen LogP contribution in [0.2, 0.25) is 0 Å². The van der Waals surface area contributed by atoms with Gasteiger partial charge < -0.3 is 20.8 Å². The minimum Gasteiger partial charge on any atom is -0.481 e. The summed E-state index contributed by atoms with van der Waals surface area (Å²) in [5, 5.41) is 23.4. The van der Waals surface area contributed by atoms with E-state index < -0.39 is 12.1 Å². The van der Waals surface area contributed by atoms with Gasteiger partial charge in [0.25, 0.3) is 5.97 Å². The molecule has 7 nitrogen and oxygen atoms in total. The molecule has 1 amide bonds. The molecule has 0 aromatic rings. The molecule has 0 spiro atoms. The van der Waals surface area contributed by atoms with Crippen LogP contribution in [0.5, 0.6) is 0 Å². The van der Waals surface area contributed by atoms with Crippen molar-refractivity contribution in [2.75, 3.05) is 13.1 Å². The van der Waals surface area contributed by atoms with E-state index in [4.69, 9.17) is 26.2 Å². The number of hydrogen-bond acceptors (Lipinski definition) is 3. The number of likely N-dealkylation sites (tertiary alicyclic amines) is 1. The first-order valence-corrected chi connectivity index (χ1v) is 5.83. The van der Waals surface area contributed by atoms with Gasteiger partial charge in [0.15, 0.2) is 0 Å². The normalized spacial score (nSPS) is 19.2. The number of carboxylic acids is 1. The third-order valence-corrected chi connectivity index (χ3v) is 2.63. The molecule has 0 radical (unpaired) electrons. The Kier molecular flexibility index (Phi) is 7.50. The van der Waals surface area contributed by atoms with E-state index in [0.717, 1.165) is 26.2 Å². The van der Waals surface area contributed by atoms with Crippen molar-refractivity contribution in [3.8, 4) is 0 Å². The number of nitrogens with two attached hydrogens (primary N) is 1. The number of rotatable bonds is 2. The second kappa shape index (κ2) is 8.32. The Morgan fingerprint density at radius 2 is 1.89 bits per heavy atom. The third kappa shape index (κ3) is 8.37. The van der Waals surface area contributed by atoms with Gasteiger partial charge in [0.05, 0.1) is 5.84 Å². The van der Waals surface area contributed by atoms with Crippen molar-refractivity contribution in [2.24, 2.45) is 11.7 Å². The average Bonchev–Trinajstić information content (AvgIpc) is 2.41. The monoisotopic (exact) mass is 259 g/mol. The highest BCUT2D eigenvalue weighted by molar-refractivity contribution is 5.77. The molecule has 1 rings (SSSR count). The molecule has 18 heavy (non-hydrogen) atoms. The third-order valence-electron chi connectivity index (χ3n) is 2.63. The van der Waals surface area contributed by atoms with E-state index in [-0.39, 0.29) is 5.84 Å². The molecule has 0 aliphatic carbocycles. The number of nitrogens with one attached hydrogen (secondary N) is 1. The van der Waals surface area contributed by atoms with Gasteiger partial charge in [-0.15, -0.1) is 0 Å². The maximum absolute atomic E-state index is 10.7. The maximum Gasteiger partial charge on any atom is 0.407 e. The zero-order valence-corrected chi connectivity index (χ0v) is 10.6. The Morgan fingerprint density at radius 1 is 1.33 bits per heavy atom. The molecule has 0 bridgehead atoms. The quantitative estimate of drug-likeness (QED) is 0.437. The number of carboxylic acid groups (broad SMARTS) is 2. The van der Waals surface area contributed by atoms with Gasteiger partial charge >= 0.3 is 6.09 Å². The second-order valence-corrected chi connectivity index (χ2v) is 4.31. The molecular formula is C11H21N3O4. The van der Waals surface area contributed by atoms with Crippen LogP contribution in [0.25, 0.3) is 0 Å². The molecule has 1 saturated heterocycles. The van der Waals surface area contributed by atoms with Gasteiger partial charge in [0, 0.05) is 26.4 Å². The van der Waals surface area contributed by atoms with E-state index >= 15 is 0 Å². The minimum absolute atomic E-state index is 0.207. The summed E-state index contributed by atoms with van der Waals surface area (Å²) in [6.45, 7) is 2.27. The van der Waals surface area contributed by atoms with E-state index in [2.05, 4.69) is 0 Å². The zero-order valence-electron chi connectivity index (χ0n) is 10.6. The van der Waals surface area contributed by atoms with Crippen LogP contribution >= 0.6 is 0 Å². The van der Waals surface area contributed by atoms with E-state index in [1.54, 1.807) is 0 Å². The number of carbonyl (C=O) groups is 2. The second-order valence-electron chi connectivity index (χ2n) is 4.31. The van der Waals surface area contributed by atoms with Gasteiger partial charge in [-0.2, -0.15) is 0 Å². The lowest BCUT2D eigenvalue weighted by atomic mass is 9.97.